The number of fused-ring (bicyclic) bond motifs is 7. The maximum atomic E-state index is 6.25. The van der Waals surface area contributed by atoms with Crippen LogP contribution in [0.3, 0.4) is 0 Å². The van der Waals surface area contributed by atoms with Gasteiger partial charge in [-0.15, -0.1) is 0 Å². The summed E-state index contributed by atoms with van der Waals surface area (Å²) in [4.78, 5) is 2.39. The van der Waals surface area contributed by atoms with Crippen LogP contribution in [-0.4, -0.2) is 4.57 Å². The van der Waals surface area contributed by atoms with Crippen LogP contribution in [0, 0.1) is 0 Å². The van der Waals surface area contributed by atoms with E-state index in [1.807, 2.05) is 12.1 Å². The highest BCUT2D eigenvalue weighted by atomic mass is 16.3. The third-order valence-electron chi connectivity index (χ3n) is 13.4. The van der Waals surface area contributed by atoms with Crippen LogP contribution >= 0.6 is 0 Å². The Kier molecular flexibility index (Phi) is 9.17. The van der Waals surface area contributed by atoms with E-state index in [2.05, 4.69) is 252 Å². The average molecular weight is 855 g/mol. The molecule has 314 valence electrons. The van der Waals surface area contributed by atoms with Crippen LogP contribution in [-0.2, 0) is 0 Å². The van der Waals surface area contributed by atoms with E-state index in [4.69, 9.17) is 4.42 Å². The van der Waals surface area contributed by atoms with E-state index in [9.17, 15) is 0 Å². The molecule has 0 aliphatic rings. The van der Waals surface area contributed by atoms with Crippen molar-refractivity contribution in [2.24, 2.45) is 0 Å². The van der Waals surface area contributed by atoms with Gasteiger partial charge in [0.15, 0.2) is 0 Å². The molecule has 13 rings (SSSR count). The molecule has 3 heteroatoms. The number of furan rings is 1. The zero-order valence-electron chi connectivity index (χ0n) is 36.6. The van der Waals surface area contributed by atoms with E-state index in [1.54, 1.807) is 0 Å². The van der Waals surface area contributed by atoms with Crippen LogP contribution in [0.1, 0.15) is 0 Å². The van der Waals surface area contributed by atoms with Crippen LogP contribution < -0.4 is 4.90 Å². The zero-order chi connectivity index (χ0) is 44.3. The topological polar surface area (TPSA) is 21.3 Å². The summed E-state index contributed by atoms with van der Waals surface area (Å²) in [5.74, 6) is 0. The number of nitrogens with zero attached hydrogens (tertiary/aromatic N) is 2. The van der Waals surface area contributed by atoms with E-state index in [0.29, 0.717) is 0 Å². The smallest absolute Gasteiger partial charge is 0.135 e. The van der Waals surface area contributed by atoms with E-state index >= 15 is 0 Å². The molecule has 0 saturated heterocycles. The fraction of sp³-hybridized carbons (Fsp3) is 0. The van der Waals surface area contributed by atoms with Gasteiger partial charge in [0.25, 0.3) is 0 Å². The Hall–Kier alpha value is -8.92. The molecule has 0 radical (unpaired) electrons. The molecular weight excluding hydrogens is 813 g/mol. The largest absolute Gasteiger partial charge is 0.456 e. The first-order chi connectivity index (χ1) is 33.2. The highest BCUT2D eigenvalue weighted by Crippen LogP contribution is 2.44. The molecule has 11 aromatic carbocycles. The lowest BCUT2D eigenvalue weighted by molar-refractivity contribution is 0.669. The van der Waals surface area contributed by atoms with Gasteiger partial charge in [0, 0.05) is 44.2 Å². The van der Waals surface area contributed by atoms with Crippen LogP contribution in [0.2, 0.25) is 0 Å². The fourth-order valence-electron chi connectivity index (χ4n) is 10.1. The Morgan fingerprint density at radius 3 is 1.51 bits per heavy atom. The fourth-order valence-corrected chi connectivity index (χ4v) is 10.1. The van der Waals surface area contributed by atoms with Crippen LogP contribution in [0.25, 0.3) is 105 Å². The van der Waals surface area contributed by atoms with Gasteiger partial charge >= 0.3 is 0 Å². The van der Waals surface area contributed by atoms with Crippen molar-refractivity contribution in [3.63, 3.8) is 0 Å². The maximum absolute atomic E-state index is 6.25. The van der Waals surface area contributed by atoms with Crippen LogP contribution in [0.5, 0.6) is 0 Å². The Balaban J connectivity index is 0.887. The summed E-state index contributed by atoms with van der Waals surface area (Å²) >= 11 is 0. The van der Waals surface area contributed by atoms with Gasteiger partial charge in [-0.25, -0.2) is 0 Å². The number of para-hydroxylation sites is 4. The van der Waals surface area contributed by atoms with E-state index in [1.165, 1.54) is 49.3 Å². The molecule has 0 saturated carbocycles. The van der Waals surface area contributed by atoms with Crippen molar-refractivity contribution < 1.29 is 4.42 Å². The third kappa shape index (κ3) is 6.76. The van der Waals surface area contributed by atoms with E-state index in [0.717, 1.165) is 72.5 Å². The lowest BCUT2D eigenvalue weighted by Gasteiger charge is -2.28. The van der Waals surface area contributed by atoms with Crippen molar-refractivity contribution >= 4 is 71.6 Å². The van der Waals surface area contributed by atoms with Crippen molar-refractivity contribution in [2.75, 3.05) is 4.90 Å². The van der Waals surface area contributed by atoms with Crippen molar-refractivity contribution in [3.8, 4) is 50.2 Å². The molecule has 2 heterocycles. The number of benzene rings is 11. The highest BCUT2D eigenvalue weighted by Gasteiger charge is 2.19. The SMILES string of the molecule is c1cc(-c2ccc(N(c3ccc(-c4ccc(-c5ccc6ccccc6c5)cc4)cc3)c3ccccc3-c3ccc4oc5ccccc5c4c3)cc2)cc(-n2c3ccccc3c3ccccc32)c1. The van der Waals surface area contributed by atoms with Gasteiger partial charge in [-0.1, -0.05) is 176 Å². The lowest BCUT2D eigenvalue weighted by atomic mass is 9.97. The molecule has 0 amide bonds. The second-order valence-corrected chi connectivity index (χ2v) is 17.3. The molecule has 67 heavy (non-hydrogen) atoms. The molecule has 0 spiro atoms. The molecule has 0 fully saturated rings. The quantitative estimate of drug-likeness (QED) is 0.152. The summed E-state index contributed by atoms with van der Waals surface area (Å²) in [7, 11) is 0. The predicted molar refractivity (Wildman–Crippen MR) is 282 cm³/mol. The summed E-state index contributed by atoms with van der Waals surface area (Å²) in [5, 5.41) is 7.25. The van der Waals surface area contributed by atoms with Crippen LogP contribution in [0.15, 0.2) is 259 Å². The number of anilines is 3. The Morgan fingerprint density at radius 1 is 0.299 bits per heavy atom. The van der Waals surface area contributed by atoms with Crippen molar-refractivity contribution in [1.29, 1.82) is 0 Å². The molecule has 0 bridgehead atoms. The Labute approximate surface area is 388 Å². The molecule has 13 aromatic rings. The minimum atomic E-state index is 0.887. The summed E-state index contributed by atoms with van der Waals surface area (Å²) in [6.45, 7) is 0. The van der Waals surface area contributed by atoms with Crippen molar-refractivity contribution in [2.45, 2.75) is 0 Å². The summed E-state index contributed by atoms with van der Waals surface area (Å²) in [5.41, 5.74) is 17.9. The third-order valence-corrected chi connectivity index (χ3v) is 13.4. The van der Waals surface area contributed by atoms with Gasteiger partial charge in [-0.3, -0.25) is 0 Å². The Morgan fingerprint density at radius 2 is 0.806 bits per heavy atom. The molecule has 2 aromatic heterocycles. The van der Waals surface area contributed by atoms with Gasteiger partial charge in [0.2, 0.25) is 0 Å². The second kappa shape index (κ2) is 16.0. The minimum absolute atomic E-state index is 0.887. The maximum Gasteiger partial charge on any atom is 0.135 e. The van der Waals surface area contributed by atoms with Gasteiger partial charge in [-0.2, -0.15) is 0 Å². The minimum Gasteiger partial charge on any atom is -0.456 e. The first-order valence-electron chi connectivity index (χ1n) is 22.9. The first-order valence-corrected chi connectivity index (χ1v) is 22.9. The molecule has 0 aliphatic carbocycles. The number of rotatable bonds is 8. The normalized spacial score (nSPS) is 11.6. The Bertz CT molecular complexity index is 3920. The predicted octanol–water partition coefficient (Wildman–Crippen LogP) is 18.0. The lowest BCUT2D eigenvalue weighted by Crippen LogP contribution is -2.11. The van der Waals surface area contributed by atoms with Gasteiger partial charge in [0.05, 0.1) is 16.7 Å². The average Bonchev–Trinajstić information content (AvgIpc) is 3.95. The van der Waals surface area contributed by atoms with E-state index < -0.39 is 0 Å². The second-order valence-electron chi connectivity index (χ2n) is 17.3. The number of hydrogen-bond acceptors (Lipinski definition) is 2. The van der Waals surface area contributed by atoms with Crippen molar-refractivity contribution in [3.05, 3.63) is 255 Å². The molecule has 0 aliphatic heterocycles. The summed E-state index contributed by atoms with van der Waals surface area (Å²) in [6, 6.07) is 92.0. The standard InChI is InChI=1S/C64H42N2O/c1-2-13-48-40-50(29-28-43(48)12-1)46-26-24-44(25-27-46)45-30-35-52(36-31-45)65(60-20-7-3-16-55(60)51-34-39-64-59(42-51)58-19-6-10-23-63(58)67-64)53-37-32-47(33-38-53)49-14-11-15-54(41-49)66-61-21-8-4-17-56(61)57-18-5-9-22-62(57)66/h1-42H. The number of hydrogen-bond donors (Lipinski definition) is 0. The molecule has 3 nitrogen and oxygen atoms in total. The summed E-state index contributed by atoms with van der Waals surface area (Å²) in [6.07, 6.45) is 0. The van der Waals surface area contributed by atoms with Gasteiger partial charge < -0.3 is 13.9 Å². The van der Waals surface area contributed by atoms with E-state index in [-0.39, 0.29) is 0 Å². The van der Waals surface area contributed by atoms with Crippen molar-refractivity contribution in [1.82, 2.24) is 4.57 Å². The monoisotopic (exact) mass is 854 g/mol. The molecular formula is C64H42N2O. The molecule has 0 unspecified atom stereocenters. The zero-order valence-corrected chi connectivity index (χ0v) is 36.6. The molecule has 0 N–H and O–H groups in total. The van der Waals surface area contributed by atoms with Gasteiger partial charge in [0.1, 0.15) is 11.2 Å². The number of aromatic nitrogens is 1. The van der Waals surface area contributed by atoms with Gasteiger partial charge in [-0.05, 0) is 129 Å². The first kappa shape index (κ1) is 38.5. The molecule has 0 atom stereocenters. The van der Waals surface area contributed by atoms with Crippen LogP contribution in [0.4, 0.5) is 17.1 Å². The summed E-state index contributed by atoms with van der Waals surface area (Å²) < 4.78 is 8.64. The highest BCUT2D eigenvalue weighted by molar-refractivity contribution is 6.09.